The normalized spacial score (nSPS) is 17.1. The molecule has 0 saturated carbocycles. The molecule has 1 atom stereocenters. The van der Waals surface area contributed by atoms with Crippen molar-refractivity contribution in [3.8, 4) is 0 Å². The number of ether oxygens (including phenoxy) is 1. The molecule has 0 amide bonds. The highest BCUT2D eigenvalue weighted by Crippen LogP contribution is 2.33. The maximum atomic E-state index is 13.5. The van der Waals surface area contributed by atoms with Crippen molar-refractivity contribution < 1.29 is 30.7 Å². The van der Waals surface area contributed by atoms with Gasteiger partial charge in [-0.3, -0.25) is 4.90 Å². The number of rotatable bonds is 6. The molecule has 5 nitrogen and oxygen atoms in total. The lowest BCUT2D eigenvalue weighted by Crippen LogP contribution is -2.43. The first-order valence-electron chi connectivity index (χ1n) is 9.33. The van der Waals surface area contributed by atoms with Crippen LogP contribution in [0.2, 0.25) is 0 Å². The van der Waals surface area contributed by atoms with Crippen molar-refractivity contribution in [2.45, 2.75) is 24.0 Å². The molecule has 0 bridgehead atoms. The summed E-state index contributed by atoms with van der Waals surface area (Å²) in [5.74, 6) is -1.52. The Hall–Kier alpha value is -2.01. The number of benzene rings is 2. The first-order valence-corrected chi connectivity index (χ1v) is 10.8. The number of nitrogens with one attached hydrogen (secondary N) is 1. The lowest BCUT2D eigenvalue weighted by atomic mass is 10.0. The summed E-state index contributed by atoms with van der Waals surface area (Å²) in [6, 6.07) is 8.92. The molecular weight excluding hydrogens is 424 g/mol. The van der Waals surface area contributed by atoms with Crippen LogP contribution < -0.4 is 4.72 Å². The number of alkyl halides is 3. The van der Waals surface area contributed by atoms with Crippen LogP contribution in [-0.2, 0) is 20.9 Å². The van der Waals surface area contributed by atoms with E-state index in [9.17, 15) is 26.0 Å². The summed E-state index contributed by atoms with van der Waals surface area (Å²) in [5.41, 5.74) is 0.269. The molecule has 1 heterocycles. The van der Waals surface area contributed by atoms with Gasteiger partial charge >= 0.3 is 6.18 Å². The van der Waals surface area contributed by atoms with Crippen molar-refractivity contribution in [2.24, 2.45) is 0 Å². The monoisotopic (exact) mass is 446 g/mol. The van der Waals surface area contributed by atoms with Gasteiger partial charge in [0.25, 0.3) is 0 Å². The van der Waals surface area contributed by atoms with Gasteiger partial charge in [-0.25, -0.2) is 17.5 Å². The fraction of sp³-hybridized carbons (Fsp3) is 0.400. The zero-order valence-electron chi connectivity index (χ0n) is 16.2. The zero-order valence-corrected chi connectivity index (χ0v) is 17.1. The van der Waals surface area contributed by atoms with E-state index in [-0.39, 0.29) is 12.6 Å². The summed E-state index contributed by atoms with van der Waals surface area (Å²) in [5, 5.41) is 0. The average Bonchev–Trinajstić information content (AvgIpc) is 2.68. The molecule has 0 spiro atoms. The van der Waals surface area contributed by atoms with Gasteiger partial charge < -0.3 is 4.74 Å². The Morgan fingerprint density at radius 3 is 2.47 bits per heavy atom. The third-order valence-electron chi connectivity index (χ3n) is 4.93. The predicted octanol–water partition coefficient (Wildman–Crippen LogP) is 3.50. The van der Waals surface area contributed by atoms with Crippen LogP contribution in [-0.4, -0.2) is 46.2 Å². The summed E-state index contributed by atoms with van der Waals surface area (Å²) < 4.78 is 85.5. The third-order valence-corrected chi connectivity index (χ3v) is 6.35. The topological polar surface area (TPSA) is 58.6 Å². The first-order chi connectivity index (χ1) is 14.1. The molecule has 1 N–H and O–H groups in total. The van der Waals surface area contributed by atoms with Crippen LogP contribution in [0, 0.1) is 12.7 Å². The standard InChI is InChI=1S/C20H22F4N2O3S/c1-14-3-2-4-15(11-14)19(26-7-9-29-10-8-26)13-25-30(27,28)16-5-6-18(21)17(12-16)20(22,23)24/h2-6,11-12,19,25H,7-10,13H2,1H3. The van der Waals surface area contributed by atoms with E-state index in [1.807, 2.05) is 31.2 Å². The number of hydrogen-bond acceptors (Lipinski definition) is 4. The molecule has 1 unspecified atom stereocenters. The Labute approximate surface area is 172 Å². The number of morpholine rings is 1. The van der Waals surface area contributed by atoms with E-state index in [1.165, 1.54) is 0 Å². The summed E-state index contributed by atoms with van der Waals surface area (Å²) >= 11 is 0. The second-order valence-corrected chi connectivity index (χ2v) is 8.84. The molecule has 3 rings (SSSR count). The van der Waals surface area contributed by atoms with Crippen LogP contribution in [0.5, 0.6) is 0 Å². The van der Waals surface area contributed by atoms with Crippen LogP contribution in [0.15, 0.2) is 47.4 Å². The van der Waals surface area contributed by atoms with Gasteiger partial charge in [0.2, 0.25) is 10.0 Å². The van der Waals surface area contributed by atoms with E-state index in [1.54, 1.807) is 0 Å². The van der Waals surface area contributed by atoms with Gasteiger partial charge in [0.05, 0.1) is 23.7 Å². The molecular formula is C20H22F4N2O3S. The van der Waals surface area contributed by atoms with Gasteiger partial charge in [-0.1, -0.05) is 29.8 Å². The fourth-order valence-corrected chi connectivity index (χ4v) is 4.45. The molecule has 164 valence electrons. The molecule has 0 aliphatic carbocycles. The predicted molar refractivity (Wildman–Crippen MR) is 103 cm³/mol. The van der Waals surface area contributed by atoms with Gasteiger partial charge in [0.1, 0.15) is 5.82 Å². The van der Waals surface area contributed by atoms with Crippen molar-refractivity contribution >= 4 is 10.0 Å². The Morgan fingerprint density at radius 1 is 1.13 bits per heavy atom. The van der Waals surface area contributed by atoms with Gasteiger partial charge in [-0.05, 0) is 30.7 Å². The van der Waals surface area contributed by atoms with Crippen molar-refractivity contribution in [3.63, 3.8) is 0 Å². The molecule has 1 saturated heterocycles. The second kappa shape index (κ2) is 9.01. The van der Waals surface area contributed by atoms with Crippen LogP contribution in [0.4, 0.5) is 17.6 Å². The largest absolute Gasteiger partial charge is 0.419 e. The van der Waals surface area contributed by atoms with Crippen LogP contribution in [0.1, 0.15) is 22.7 Å². The van der Waals surface area contributed by atoms with Crippen molar-refractivity contribution in [2.75, 3.05) is 32.8 Å². The minimum atomic E-state index is -4.99. The second-order valence-electron chi connectivity index (χ2n) is 7.07. The number of halogens is 4. The highest BCUT2D eigenvalue weighted by Gasteiger charge is 2.35. The van der Waals surface area contributed by atoms with Gasteiger partial charge in [-0.2, -0.15) is 13.2 Å². The van der Waals surface area contributed by atoms with Crippen LogP contribution >= 0.6 is 0 Å². The minimum absolute atomic E-state index is 0.0511. The van der Waals surface area contributed by atoms with Crippen molar-refractivity contribution in [1.82, 2.24) is 9.62 Å². The summed E-state index contributed by atoms with van der Waals surface area (Å²) in [6.07, 6.45) is -4.99. The SMILES string of the molecule is Cc1cccc(C(CNS(=O)(=O)c2ccc(F)c(C(F)(F)F)c2)N2CCOCC2)c1. The molecule has 2 aromatic carbocycles. The Bertz CT molecular complexity index is 990. The number of hydrogen-bond donors (Lipinski definition) is 1. The molecule has 1 aliphatic heterocycles. The van der Waals surface area contributed by atoms with Crippen LogP contribution in [0.25, 0.3) is 0 Å². The first kappa shape index (κ1) is 22.7. The van der Waals surface area contributed by atoms with Crippen molar-refractivity contribution in [1.29, 1.82) is 0 Å². The molecule has 30 heavy (non-hydrogen) atoms. The summed E-state index contributed by atoms with van der Waals surface area (Å²) in [7, 11) is -4.29. The fourth-order valence-electron chi connectivity index (χ4n) is 3.39. The van der Waals surface area contributed by atoms with Gasteiger partial charge in [0.15, 0.2) is 0 Å². The number of aryl methyl sites for hydroxylation is 1. The lowest BCUT2D eigenvalue weighted by molar-refractivity contribution is -0.140. The van der Waals surface area contributed by atoms with E-state index in [0.717, 1.165) is 17.2 Å². The summed E-state index contributed by atoms with van der Waals surface area (Å²) in [4.78, 5) is 1.42. The van der Waals surface area contributed by atoms with E-state index < -0.39 is 32.5 Å². The van der Waals surface area contributed by atoms with Crippen molar-refractivity contribution in [3.05, 3.63) is 65.0 Å². The molecule has 1 fully saturated rings. The van der Waals surface area contributed by atoms with Gasteiger partial charge in [-0.15, -0.1) is 0 Å². The van der Waals surface area contributed by atoms with E-state index in [0.29, 0.717) is 38.4 Å². The average molecular weight is 446 g/mol. The molecule has 1 aliphatic rings. The smallest absolute Gasteiger partial charge is 0.379 e. The number of nitrogens with zero attached hydrogens (tertiary/aromatic N) is 1. The zero-order chi connectivity index (χ0) is 21.9. The third kappa shape index (κ3) is 5.37. The quantitative estimate of drug-likeness (QED) is 0.690. The highest BCUT2D eigenvalue weighted by molar-refractivity contribution is 7.89. The highest BCUT2D eigenvalue weighted by atomic mass is 32.2. The Kier molecular flexibility index (Phi) is 6.81. The molecule has 0 aromatic heterocycles. The van der Waals surface area contributed by atoms with E-state index >= 15 is 0 Å². The maximum Gasteiger partial charge on any atom is 0.419 e. The van der Waals surface area contributed by atoms with Gasteiger partial charge in [0, 0.05) is 25.7 Å². The summed E-state index contributed by atoms with van der Waals surface area (Å²) in [6.45, 7) is 4.06. The number of sulfonamides is 1. The van der Waals surface area contributed by atoms with E-state index in [4.69, 9.17) is 4.74 Å². The maximum absolute atomic E-state index is 13.5. The molecule has 2 aromatic rings. The lowest BCUT2D eigenvalue weighted by Gasteiger charge is -2.35. The Balaban J connectivity index is 1.85. The molecule has 10 heteroatoms. The molecule has 0 radical (unpaired) electrons. The van der Waals surface area contributed by atoms with Crippen LogP contribution in [0.3, 0.4) is 0 Å². The van der Waals surface area contributed by atoms with E-state index in [2.05, 4.69) is 9.62 Å². The Morgan fingerprint density at radius 2 is 1.83 bits per heavy atom. The minimum Gasteiger partial charge on any atom is -0.379 e.